The maximum absolute atomic E-state index is 6.27. The number of hydrogen-bond donors (Lipinski definition) is 1. The number of hydrogen-bond acceptors (Lipinski definition) is 2. The predicted molar refractivity (Wildman–Crippen MR) is 87.6 cm³/mol. The van der Waals surface area contributed by atoms with E-state index < -0.39 is 0 Å². The molecule has 0 saturated carbocycles. The summed E-state index contributed by atoms with van der Waals surface area (Å²) in [5, 5.41) is 4.11. The smallest absolute Gasteiger partial charge is 0.137 e. The zero-order valence-electron chi connectivity index (χ0n) is 13.4. The average Bonchev–Trinajstić information content (AvgIpc) is 2.30. The zero-order valence-corrected chi connectivity index (χ0v) is 14.2. The highest BCUT2D eigenvalue weighted by Crippen LogP contribution is 2.27. The van der Waals surface area contributed by atoms with Crippen LogP contribution in [0.4, 0.5) is 0 Å². The van der Waals surface area contributed by atoms with E-state index in [1.807, 2.05) is 12.1 Å². The molecule has 0 aliphatic carbocycles. The highest BCUT2D eigenvalue weighted by molar-refractivity contribution is 6.32. The van der Waals surface area contributed by atoms with Gasteiger partial charge in [-0.3, -0.25) is 0 Å². The van der Waals surface area contributed by atoms with Crippen molar-refractivity contribution in [3.8, 4) is 5.75 Å². The summed E-state index contributed by atoms with van der Waals surface area (Å²) in [7, 11) is 0. The average molecular weight is 298 g/mol. The van der Waals surface area contributed by atoms with E-state index in [2.05, 4.69) is 46.0 Å². The van der Waals surface area contributed by atoms with Gasteiger partial charge in [0.05, 0.1) is 11.6 Å². The Morgan fingerprint density at radius 3 is 2.50 bits per heavy atom. The highest BCUT2D eigenvalue weighted by atomic mass is 35.5. The van der Waals surface area contributed by atoms with Crippen molar-refractivity contribution in [2.24, 2.45) is 11.3 Å². The molecule has 1 N–H and O–H groups in total. The van der Waals surface area contributed by atoms with Crippen LogP contribution in [0, 0.1) is 11.3 Å². The van der Waals surface area contributed by atoms with Crippen molar-refractivity contribution in [3.63, 3.8) is 0 Å². The van der Waals surface area contributed by atoms with Gasteiger partial charge in [0.25, 0.3) is 0 Å². The minimum atomic E-state index is 0.285. The number of rotatable bonds is 7. The lowest BCUT2D eigenvalue weighted by Gasteiger charge is -2.18. The second-order valence-electron chi connectivity index (χ2n) is 6.95. The van der Waals surface area contributed by atoms with Crippen LogP contribution in [0.25, 0.3) is 0 Å². The first-order valence-corrected chi connectivity index (χ1v) is 7.77. The third kappa shape index (κ3) is 7.16. The second-order valence-corrected chi connectivity index (χ2v) is 7.36. The van der Waals surface area contributed by atoms with E-state index in [0.717, 1.165) is 25.3 Å². The minimum Gasteiger partial charge on any atom is -0.492 e. The molecular weight excluding hydrogens is 270 g/mol. The normalized spacial score (nSPS) is 11.9. The Labute approximate surface area is 128 Å². The largest absolute Gasteiger partial charge is 0.492 e. The lowest BCUT2D eigenvalue weighted by molar-refractivity contribution is 0.243. The first-order chi connectivity index (χ1) is 9.28. The van der Waals surface area contributed by atoms with E-state index in [1.54, 1.807) is 0 Å². The molecule has 3 heteroatoms. The summed E-state index contributed by atoms with van der Waals surface area (Å²) < 4.78 is 5.76. The summed E-state index contributed by atoms with van der Waals surface area (Å²) in [6.07, 6.45) is 1.01. The summed E-state index contributed by atoms with van der Waals surface area (Å²) in [5.74, 6) is 1.44. The molecular formula is C17H28ClNO. The third-order valence-electron chi connectivity index (χ3n) is 2.99. The quantitative estimate of drug-likeness (QED) is 0.773. The number of nitrogens with one attached hydrogen (secondary N) is 1. The van der Waals surface area contributed by atoms with Crippen LogP contribution in [-0.2, 0) is 6.54 Å². The van der Waals surface area contributed by atoms with Gasteiger partial charge in [-0.2, -0.15) is 0 Å². The number of benzene rings is 1. The van der Waals surface area contributed by atoms with Gasteiger partial charge in [0.15, 0.2) is 0 Å². The van der Waals surface area contributed by atoms with Crippen LogP contribution in [0.5, 0.6) is 5.75 Å². The van der Waals surface area contributed by atoms with Crippen LogP contribution in [0.3, 0.4) is 0 Å². The summed E-state index contributed by atoms with van der Waals surface area (Å²) >= 11 is 6.27. The summed E-state index contributed by atoms with van der Waals surface area (Å²) in [5.41, 5.74) is 1.48. The molecule has 0 unspecified atom stereocenters. The Bertz CT molecular complexity index is 410. The fraction of sp³-hybridized carbons (Fsp3) is 0.647. The molecule has 0 atom stereocenters. The summed E-state index contributed by atoms with van der Waals surface area (Å²) in [4.78, 5) is 0. The van der Waals surface area contributed by atoms with Gasteiger partial charge >= 0.3 is 0 Å². The van der Waals surface area contributed by atoms with Crippen LogP contribution < -0.4 is 10.1 Å². The lowest BCUT2D eigenvalue weighted by atomic mass is 9.93. The Morgan fingerprint density at radius 2 is 1.95 bits per heavy atom. The number of halogens is 1. The third-order valence-corrected chi connectivity index (χ3v) is 3.28. The van der Waals surface area contributed by atoms with E-state index in [1.165, 1.54) is 5.56 Å². The first kappa shape index (κ1) is 17.3. The van der Waals surface area contributed by atoms with Crippen molar-refractivity contribution < 1.29 is 4.74 Å². The maximum atomic E-state index is 6.27. The number of ether oxygens (including phenoxy) is 1. The zero-order chi connectivity index (χ0) is 15.2. The summed E-state index contributed by atoms with van der Waals surface area (Å²) in [6.45, 7) is 13.6. The Hall–Kier alpha value is -0.730. The van der Waals surface area contributed by atoms with Crippen molar-refractivity contribution in [1.29, 1.82) is 0 Å². The Morgan fingerprint density at radius 1 is 1.25 bits per heavy atom. The molecule has 1 aromatic carbocycles. The second kappa shape index (κ2) is 7.90. The lowest BCUT2D eigenvalue weighted by Crippen LogP contribution is -2.18. The molecule has 0 aliphatic rings. The molecule has 2 nitrogen and oxygen atoms in total. The monoisotopic (exact) mass is 297 g/mol. The molecule has 0 saturated heterocycles. The van der Waals surface area contributed by atoms with E-state index in [4.69, 9.17) is 16.3 Å². The molecule has 0 radical (unpaired) electrons. The predicted octanol–water partition coefficient (Wildman–Crippen LogP) is 4.90. The van der Waals surface area contributed by atoms with E-state index in [0.29, 0.717) is 17.5 Å². The molecule has 0 aliphatic heterocycles. The van der Waals surface area contributed by atoms with Crippen molar-refractivity contribution in [1.82, 2.24) is 5.32 Å². The molecule has 0 spiro atoms. The molecule has 114 valence electrons. The molecule has 0 heterocycles. The molecule has 0 amide bonds. The van der Waals surface area contributed by atoms with Crippen LogP contribution in [0.1, 0.15) is 46.6 Å². The van der Waals surface area contributed by atoms with Crippen molar-refractivity contribution in [3.05, 3.63) is 28.8 Å². The Balaban J connectivity index is 2.47. The van der Waals surface area contributed by atoms with Crippen molar-refractivity contribution in [2.75, 3.05) is 13.2 Å². The van der Waals surface area contributed by atoms with Crippen LogP contribution in [0.15, 0.2) is 18.2 Å². The molecule has 1 rings (SSSR count). The van der Waals surface area contributed by atoms with Gasteiger partial charge in [0.2, 0.25) is 0 Å². The van der Waals surface area contributed by atoms with Gasteiger partial charge in [0, 0.05) is 6.54 Å². The fourth-order valence-corrected chi connectivity index (χ4v) is 2.00. The van der Waals surface area contributed by atoms with Gasteiger partial charge in [0.1, 0.15) is 5.75 Å². The van der Waals surface area contributed by atoms with Crippen molar-refractivity contribution >= 4 is 11.6 Å². The molecule has 1 aromatic rings. The van der Waals surface area contributed by atoms with Gasteiger partial charge in [-0.15, -0.1) is 0 Å². The Kier molecular flexibility index (Phi) is 6.84. The van der Waals surface area contributed by atoms with Crippen LogP contribution in [0.2, 0.25) is 5.02 Å². The fourth-order valence-electron chi connectivity index (χ4n) is 1.74. The molecule has 0 bridgehead atoms. The topological polar surface area (TPSA) is 21.3 Å². The first-order valence-electron chi connectivity index (χ1n) is 7.40. The van der Waals surface area contributed by atoms with Gasteiger partial charge in [-0.1, -0.05) is 52.3 Å². The standard InChI is InChI=1S/C17H28ClNO/c1-13(2)11-19-12-14-6-7-16(15(18)10-14)20-9-8-17(3,4)5/h6-7,10,13,19H,8-9,11-12H2,1-5H3. The summed E-state index contributed by atoms with van der Waals surface area (Å²) in [6, 6.07) is 6.03. The molecule has 20 heavy (non-hydrogen) atoms. The van der Waals surface area contributed by atoms with Gasteiger partial charge in [-0.05, 0) is 42.0 Å². The highest BCUT2D eigenvalue weighted by Gasteiger charge is 2.11. The van der Waals surface area contributed by atoms with Crippen LogP contribution in [-0.4, -0.2) is 13.2 Å². The van der Waals surface area contributed by atoms with Crippen LogP contribution >= 0.6 is 11.6 Å². The van der Waals surface area contributed by atoms with E-state index in [9.17, 15) is 0 Å². The van der Waals surface area contributed by atoms with Gasteiger partial charge in [-0.25, -0.2) is 0 Å². The minimum absolute atomic E-state index is 0.285. The van der Waals surface area contributed by atoms with E-state index in [-0.39, 0.29) is 5.41 Å². The molecule has 0 fully saturated rings. The maximum Gasteiger partial charge on any atom is 0.137 e. The SMILES string of the molecule is CC(C)CNCc1ccc(OCCC(C)(C)C)c(Cl)c1. The molecule has 0 aromatic heterocycles. The van der Waals surface area contributed by atoms with Gasteiger partial charge < -0.3 is 10.1 Å². The van der Waals surface area contributed by atoms with Crippen molar-refractivity contribution in [2.45, 2.75) is 47.6 Å². The van der Waals surface area contributed by atoms with E-state index >= 15 is 0 Å².